The number of nitrogens with one attached hydrogen (secondary N) is 1. The average molecular weight is 424 g/mol. The number of nitrogens with zero attached hydrogens (tertiary/aromatic N) is 4. The fourth-order valence-electron chi connectivity index (χ4n) is 2.89. The highest BCUT2D eigenvalue weighted by atomic mass is 32.1. The molecule has 6 nitrogen and oxygen atoms in total. The number of anilines is 2. The Labute approximate surface area is 177 Å². The van der Waals surface area contributed by atoms with Crippen LogP contribution in [0.15, 0.2) is 59.4 Å². The van der Waals surface area contributed by atoms with Gasteiger partial charge in [0.2, 0.25) is 5.91 Å². The predicted octanol–water partition coefficient (Wildman–Crippen LogP) is 4.36. The number of hydrogen-bond acceptors (Lipinski definition) is 6. The molecule has 0 spiro atoms. The molecule has 0 radical (unpaired) electrons. The van der Waals surface area contributed by atoms with Crippen molar-refractivity contribution in [1.82, 2.24) is 14.8 Å². The highest BCUT2D eigenvalue weighted by Gasteiger charge is 2.12. The highest BCUT2D eigenvalue weighted by Crippen LogP contribution is 2.28. The number of hydrogen-bond donors (Lipinski definition) is 1. The zero-order chi connectivity index (χ0) is 20.2. The fraction of sp³-hybridized carbons (Fsp3) is 0.190. The summed E-state index contributed by atoms with van der Waals surface area (Å²) in [6, 6.07) is 14.1. The van der Waals surface area contributed by atoms with E-state index in [2.05, 4.69) is 44.6 Å². The van der Waals surface area contributed by atoms with Crippen molar-refractivity contribution in [3.8, 4) is 9.88 Å². The van der Waals surface area contributed by atoms with Gasteiger partial charge < -0.3 is 10.2 Å². The first-order valence-electron chi connectivity index (χ1n) is 9.15. The van der Waals surface area contributed by atoms with Crippen molar-refractivity contribution in [1.29, 1.82) is 0 Å². The Morgan fingerprint density at radius 3 is 2.69 bits per heavy atom. The van der Waals surface area contributed by atoms with Gasteiger partial charge >= 0.3 is 0 Å². The van der Waals surface area contributed by atoms with Gasteiger partial charge in [0.05, 0.1) is 29.7 Å². The summed E-state index contributed by atoms with van der Waals surface area (Å²) >= 11 is 3.21. The van der Waals surface area contributed by atoms with E-state index < -0.39 is 0 Å². The van der Waals surface area contributed by atoms with Gasteiger partial charge in [-0.2, -0.15) is 5.10 Å². The molecule has 8 heteroatoms. The molecule has 4 aromatic rings. The number of thiophene rings is 1. The largest absolute Gasteiger partial charge is 0.378 e. The van der Waals surface area contributed by atoms with Gasteiger partial charge in [0.15, 0.2) is 0 Å². The van der Waals surface area contributed by atoms with Gasteiger partial charge in [0, 0.05) is 31.2 Å². The van der Waals surface area contributed by atoms with Crippen LogP contribution >= 0.6 is 22.7 Å². The average Bonchev–Trinajstić information content (AvgIpc) is 3.45. The molecule has 0 unspecified atom stereocenters. The summed E-state index contributed by atoms with van der Waals surface area (Å²) in [6.45, 7) is 0.593. The van der Waals surface area contributed by atoms with Gasteiger partial charge in [0.1, 0.15) is 10.8 Å². The van der Waals surface area contributed by atoms with Crippen LogP contribution in [0.2, 0.25) is 0 Å². The molecule has 0 saturated heterocycles. The summed E-state index contributed by atoms with van der Waals surface area (Å²) in [5.74, 6) is 0.582. The van der Waals surface area contributed by atoms with E-state index in [-0.39, 0.29) is 12.3 Å². The molecule has 0 atom stereocenters. The molecular weight excluding hydrogens is 402 g/mol. The third kappa shape index (κ3) is 4.72. The second-order valence-corrected chi connectivity index (χ2v) is 8.59. The van der Waals surface area contributed by atoms with Crippen LogP contribution in [-0.2, 0) is 17.8 Å². The topological polar surface area (TPSA) is 63.1 Å². The van der Waals surface area contributed by atoms with Crippen molar-refractivity contribution in [2.45, 2.75) is 13.0 Å². The standard InChI is InChI=1S/C21H21N5OS2/c1-25(2)17-7-5-15(6-8-17)13-26-19(9-10-22-26)24-20(27)12-16-14-29-21(23-16)18-4-3-11-28-18/h3-11,14H,12-13H2,1-2H3,(H,24,27). The maximum absolute atomic E-state index is 12.5. The van der Waals surface area contributed by atoms with Gasteiger partial charge in [-0.15, -0.1) is 22.7 Å². The molecule has 0 aliphatic rings. The number of amides is 1. The third-order valence-corrected chi connectivity index (χ3v) is 6.32. The molecule has 1 amide bonds. The first-order valence-corrected chi connectivity index (χ1v) is 10.9. The van der Waals surface area contributed by atoms with Crippen LogP contribution in [0.1, 0.15) is 11.3 Å². The Hall–Kier alpha value is -2.97. The summed E-state index contributed by atoms with van der Waals surface area (Å²) in [5.41, 5.74) is 3.05. The van der Waals surface area contributed by atoms with Gasteiger partial charge in [0.25, 0.3) is 0 Å². The summed E-state index contributed by atoms with van der Waals surface area (Å²) in [5, 5.41) is 12.2. The van der Waals surface area contributed by atoms with Gasteiger partial charge in [-0.05, 0) is 29.1 Å². The Balaban J connectivity index is 1.39. The minimum Gasteiger partial charge on any atom is -0.378 e. The lowest BCUT2D eigenvalue weighted by atomic mass is 10.2. The first kappa shape index (κ1) is 19.4. The molecule has 3 aromatic heterocycles. The third-order valence-electron chi connectivity index (χ3n) is 4.39. The van der Waals surface area contributed by atoms with E-state index in [4.69, 9.17) is 0 Å². The molecule has 29 heavy (non-hydrogen) atoms. The van der Waals surface area contributed by atoms with Crippen LogP contribution in [0.3, 0.4) is 0 Å². The zero-order valence-corrected chi connectivity index (χ0v) is 17.8. The number of rotatable bonds is 7. The minimum absolute atomic E-state index is 0.0993. The molecule has 4 rings (SSSR count). The minimum atomic E-state index is -0.0993. The van der Waals surface area contributed by atoms with Crippen molar-refractivity contribution in [3.63, 3.8) is 0 Å². The highest BCUT2D eigenvalue weighted by molar-refractivity contribution is 7.20. The number of carbonyl (C=O) groups is 1. The summed E-state index contributed by atoms with van der Waals surface area (Å²) in [7, 11) is 4.03. The lowest BCUT2D eigenvalue weighted by Gasteiger charge is -2.13. The second kappa shape index (κ2) is 8.59. The van der Waals surface area contributed by atoms with Crippen molar-refractivity contribution in [3.05, 3.63) is 70.7 Å². The van der Waals surface area contributed by atoms with Crippen LogP contribution in [0.5, 0.6) is 0 Å². The fourth-order valence-corrected chi connectivity index (χ4v) is 4.52. The molecule has 1 N–H and O–H groups in total. The molecule has 3 heterocycles. The van der Waals surface area contributed by atoms with Crippen LogP contribution < -0.4 is 10.2 Å². The van der Waals surface area contributed by atoms with Gasteiger partial charge in [-0.1, -0.05) is 18.2 Å². The summed E-state index contributed by atoms with van der Waals surface area (Å²) in [6.07, 6.45) is 1.94. The molecule has 0 aliphatic heterocycles. The maximum Gasteiger partial charge on any atom is 0.231 e. The molecule has 1 aromatic carbocycles. The normalized spacial score (nSPS) is 10.8. The van der Waals surface area contributed by atoms with E-state index in [1.807, 2.05) is 43.1 Å². The van der Waals surface area contributed by atoms with Crippen molar-refractivity contribution in [2.75, 3.05) is 24.3 Å². The lowest BCUT2D eigenvalue weighted by Crippen LogP contribution is -2.18. The van der Waals surface area contributed by atoms with E-state index in [1.54, 1.807) is 33.6 Å². The number of carbonyl (C=O) groups excluding carboxylic acids is 1. The van der Waals surface area contributed by atoms with Gasteiger partial charge in [-0.3, -0.25) is 4.79 Å². The van der Waals surface area contributed by atoms with E-state index in [0.29, 0.717) is 12.4 Å². The molecule has 148 valence electrons. The van der Waals surface area contributed by atoms with Crippen molar-refractivity contribution < 1.29 is 4.79 Å². The van der Waals surface area contributed by atoms with Gasteiger partial charge in [-0.25, -0.2) is 9.67 Å². The predicted molar refractivity (Wildman–Crippen MR) is 120 cm³/mol. The Morgan fingerprint density at radius 2 is 1.97 bits per heavy atom. The SMILES string of the molecule is CN(C)c1ccc(Cn2nccc2NC(=O)Cc2csc(-c3cccs3)n2)cc1. The van der Waals surface area contributed by atoms with E-state index >= 15 is 0 Å². The first-order chi connectivity index (χ1) is 14.1. The van der Waals surface area contributed by atoms with E-state index in [0.717, 1.165) is 26.8 Å². The summed E-state index contributed by atoms with van der Waals surface area (Å²) in [4.78, 5) is 20.3. The van der Waals surface area contributed by atoms with Crippen LogP contribution in [0.25, 0.3) is 9.88 Å². The summed E-state index contributed by atoms with van der Waals surface area (Å²) < 4.78 is 1.79. The number of aromatic nitrogens is 3. The lowest BCUT2D eigenvalue weighted by molar-refractivity contribution is -0.115. The molecule has 0 bridgehead atoms. The van der Waals surface area contributed by atoms with Crippen LogP contribution in [0, 0.1) is 0 Å². The molecule has 0 fully saturated rings. The second-order valence-electron chi connectivity index (χ2n) is 6.78. The van der Waals surface area contributed by atoms with E-state index in [1.165, 1.54) is 0 Å². The monoisotopic (exact) mass is 423 g/mol. The maximum atomic E-state index is 12.5. The zero-order valence-electron chi connectivity index (χ0n) is 16.2. The van der Waals surface area contributed by atoms with Crippen LogP contribution in [-0.4, -0.2) is 34.8 Å². The van der Waals surface area contributed by atoms with E-state index in [9.17, 15) is 4.79 Å². The molecule has 0 saturated carbocycles. The Bertz CT molecular complexity index is 1080. The quantitative estimate of drug-likeness (QED) is 0.480. The molecular formula is C21H21N5OS2. The number of thiazole rings is 1. The Kier molecular flexibility index (Phi) is 5.73. The Morgan fingerprint density at radius 1 is 1.14 bits per heavy atom. The number of benzene rings is 1. The van der Waals surface area contributed by atoms with Crippen molar-refractivity contribution >= 4 is 40.1 Å². The van der Waals surface area contributed by atoms with Crippen molar-refractivity contribution in [2.24, 2.45) is 0 Å². The smallest absolute Gasteiger partial charge is 0.231 e. The molecule has 0 aliphatic carbocycles. The van der Waals surface area contributed by atoms with Crippen LogP contribution in [0.4, 0.5) is 11.5 Å².